The van der Waals surface area contributed by atoms with Crippen molar-refractivity contribution in [1.82, 2.24) is 0 Å². The molecule has 1 aliphatic rings. The summed E-state index contributed by atoms with van der Waals surface area (Å²) in [6.07, 6.45) is 0.606. The minimum Gasteiger partial charge on any atom is -0.486 e. The number of methoxy groups -OCH3 is 1. The van der Waals surface area contributed by atoms with Crippen molar-refractivity contribution in [3.05, 3.63) is 23.3 Å². The molecule has 0 fully saturated rings. The first kappa shape index (κ1) is 11.2. The Kier molecular flexibility index (Phi) is 3.64. The molecule has 0 saturated carbocycles. The number of rotatable bonds is 4. The minimum absolute atomic E-state index is 0.121. The molecule has 1 heterocycles. The summed E-state index contributed by atoms with van der Waals surface area (Å²) in [5.74, 6) is 1.52. The third-order valence-corrected chi connectivity index (χ3v) is 2.55. The van der Waals surface area contributed by atoms with Crippen LogP contribution in [0.25, 0.3) is 0 Å². The summed E-state index contributed by atoms with van der Waals surface area (Å²) in [4.78, 5) is 0. The molecule has 2 rings (SSSR count). The van der Waals surface area contributed by atoms with E-state index in [2.05, 4.69) is 0 Å². The quantitative estimate of drug-likeness (QED) is 0.833. The van der Waals surface area contributed by atoms with Crippen LogP contribution in [0.15, 0.2) is 12.1 Å². The van der Waals surface area contributed by atoms with Crippen LogP contribution in [0, 0.1) is 0 Å². The van der Waals surface area contributed by atoms with Gasteiger partial charge >= 0.3 is 0 Å². The summed E-state index contributed by atoms with van der Waals surface area (Å²) >= 11 is 0. The summed E-state index contributed by atoms with van der Waals surface area (Å²) in [5, 5.41) is 9.00. The van der Waals surface area contributed by atoms with Crippen molar-refractivity contribution in [2.24, 2.45) is 0 Å². The number of benzene rings is 1. The van der Waals surface area contributed by atoms with Gasteiger partial charge in [-0.2, -0.15) is 0 Å². The second-order valence-electron chi connectivity index (χ2n) is 3.67. The van der Waals surface area contributed by atoms with Gasteiger partial charge < -0.3 is 19.3 Å². The molecule has 0 spiro atoms. The molecule has 0 radical (unpaired) electrons. The average molecular weight is 224 g/mol. The van der Waals surface area contributed by atoms with Crippen LogP contribution < -0.4 is 9.47 Å². The van der Waals surface area contributed by atoms with Crippen LogP contribution in [0.4, 0.5) is 0 Å². The highest BCUT2D eigenvalue weighted by Gasteiger charge is 2.15. The van der Waals surface area contributed by atoms with Crippen LogP contribution in [-0.2, 0) is 17.8 Å². The summed E-state index contributed by atoms with van der Waals surface area (Å²) < 4.78 is 16.1. The lowest BCUT2D eigenvalue weighted by Crippen LogP contribution is -2.16. The van der Waals surface area contributed by atoms with Crippen molar-refractivity contribution in [3.63, 3.8) is 0 Å². The van der Waals surface area contributed by atoms with Crippen LogP contribution in [0.5, 0.6) is 11.5 Å². The predicted molar refractivity (Wildman–Crippen MR) is 58.9 cm³/mol. The van der Waals surface area contributed by atoms with E-state index in [9.17, 15) is 0 Å². The zero-order valence-electron chi connectivity index (χ0n) is 9.36. The van der Waals surface area contributed by atoms with Crippen molar-refractivity contribution in [1.29, 1.82) is 0 Å². The van der Waals surface area contributed by atoms with Crippen molar-refractivity contribution in [2.75, 3.05) is 26.9 Å². The molecule has 1 aromatic rings. The highest BCUT2D eigenvalue weighted by Crippen LogP contribution is 2.33. The second kappa shape index (κ2) is 5.18. The average Bonchev–Trinajstić information content (AvgIpc) is 2.30. The van der Waals surface area contributed by atoms with E-state index in [1.54, 1.807) is 7.11 Å². The second-order valence-corrected chi connectivity index (χ2v) is 3.67. The SMILES string of the molecule is COCc1cc2c(cc1CCO)OCCO2. The van der Waals surface area contributed by atoms with Gasteiger partial charge in [0.25, 0.3) is 0 Å². The first-order valence-electron chi connectivity index (χ1n) is 5.36. The van der Waals surface area contributed by atoms with Gasteiger partial charge in [-0.3, -0.25) is 0 Å². The van der Waals surface area contributed by atoms with Crippen LogP contribution in [-0.4, -0.2) is 32.0 Å². The monoisotopic (exact) mass is 224 g/mol. The van der Waals surface area contributed by atoms with Gasteiger partial charge in [-0.05, 0) is 29.7 Å². The molecular weight excluding hydrogens is 208 g/mol. The van der Waals surface area contributed by atoms with Crippen molar-refractivity contribution in [2.45, 2.75) is 13.0 Å². The fraction of sp³-hybridized carbons (Fsp3) is 0.500. The molecule has 0 bridgehead atoms. The Morgan fingerprint density at radius 1 is 1.19 bits per heavy atom. The number of hydrogen-bond acceptors (Lipinski definition) is 4. The molecule has 0 atom stereocenters. The maximum Gasteiger partial charge on any atom is 0.161 e. The van der Waals surface area contributed by atoms with Gasteiger partial charge in [-0.15, -0.1) is 0 Å². The molecule has 0 aliphatic carbocycles. The van der Waals surface area contributed by atoms with Crippen molar-refractivity contribution < 1.29 is 19.3 Å². The first-order valence-corrected chi connectivity index (χ1v) is 5.36. The Hall–Kier alpha value is -1.26. The molecule has 0 unspecified atom stereocenters. The van der Waals surface area contributed by atoms with E-state index in [0.717, 1.165) is 22.6 Å². The molecule has 4 nitrogen and oxygen atoms in total. The zero-order valence-corrected chi connectivity index (χ0v) is 9.36. The molecular formula is C12H16O4. The number of aliphatic hydroxyl groups excluding tert-OH is 1. The Labute approximate surface area is 94.8 Å². The van der Waals surface area contributed by atoms with E-state index in [1.807, 2.05) is 12.1 Å². The summed E-state index contributed by atoms with van der Waals surface area (Å²) in [7, 11) is 1.65. The van der Waals surface area contributed by atoms with Gasteiger partial charge in [0.15, 0.2) is 11.5 Å². The smallest absolute Gasteiger partial charge is 0.161 e. The van der Waals surface area contributed by atoms with Crippen LogP contribution in [0.3, 0.4) is 0 Å². The van der Waals surface area contributed by atoms with Gasteiger partial charge in [0.05, 0.1) is 6.61 Å². The maximum absolute atomic E-state index is 9.00. The van der Waals surface area contributed by atoms with Gasteiger partial charge in [0, 0.05) is 13.7 Å². The third kappa shape index (κ3) is 2.28. The van der Waals surface area contributed by atoms with E-state index in [4.69, 9.17) is 19.3 Å². The fourth-order valence-corrected chi connectivity index (χ4v) is 1.82. The molecule has 88 valence electrons. The highest BCUT2D eigenvalue weighted by atomic mass is 16.6. The van der Waals surface area contributed by atoms with E-state index in [0.29, 0.717) is 26.2 Å². The third-order valence-electron chi connectivity index (χ3n) is 2.55. The number of aliphatic hydroxyl groups is 1. The van der Waals surface area contributed by atoms with Gasteiger partial charge in [0.2, 0.25) is 0 Å². The molecule has 0 saturated heterocycles. The maximum atomic E-state index is 9.00. The lowest BCUT2D eigenvalue weighted by molar-refractivity contribution is 0.166. The first-order chi connectivity index (χ1) is 7.85. The molecule has 1 aromatic carbocycles. The van der Waals surface area contributed by atoms with E-state index >= 15 is 0 Å². The van der Waals surface area contributed by atoms with Crippen LogP contribution in [0.1, 0.15) is 11.1 Å². The standard InChI is InChI=1S/C12H16O4/c1-14-8-10-7-12-11(15-4-5-16-12)6-9(10)2-3-13/h6-7,13H,2-5,8H2,1H3. The fourth-order valence-electron chi connectivity index (χ4n) is 1.82. The summed E-state index contributed by atoms with van der Waals surface area (Å²) in [6.45, 7) is 1.80. The molecule has 4 heteroatoms. The topological polar surface area (TPSA) is 47.9 Å². The number of hydrogen-bond donors (Lipinski definition) is 1. The van der Waals surface area contributed by atoms with Gasteiger partial charge in [-0.1, -0.05) is 0 Å². The number of ether oxygens (including phenoxy) is 3. The van der Waals surface area contributed by atoms with Gasteiger partial charge in [-0.25, -0.2) is 0 Å². The van der Waals surface area contributed by atoms with Crippen molar-refractivity contribution >= 4 is 0 Å². The van der Waals surface area contributed by atoms with E-state index in [1.165, 1.54) is 0 Å². The predicted octanol–water partition coefficient (Wildman–Crippen LogP) is 1.14. The van der Waals surface area contributed by atoms with Crippen LogP contribution >= 0.6 is 0 Å². The molecule has 1 aliphatic heterocycles. The Morgan fingerprint density at radius 3 is 2.38 bits per heavy atom. The zero-order chi connectivity index (χ0) is 11.4. The molecule has 0 amide bonds. The Bertz CT molecular complexity index is 327. The molecule has 0 aromatic heterocycles. The summed E-state index contributed by atoms with van der Waals surface area (Å²) in [5.41, 5.74) is 2.09. The van der Waals surface area contributed by atoms with Gasteiger partial charge in [0.1, 0.15) is 13.2 Å². The molecule has 1 N–H and O–H groups in total. The lowest BCUT2D eigenvalue weighted by Gasteiger charge is -2.21. The molecule has 16 heavy (non-hydrogen) atoms. The normalized spacial score (nSPS) is 13.9. The Balaban J connectivity index is 2.33. The van der Waals surface area contributed by atoms with Crippen LogP contribution in [0.2, 0.25) is 0 Å². The van der Waals surface area contributed by atoms with Crippen molar-refractivity contribution in [3.8, 4) is 11.5 Å². The Morgan fingerprint density at radius 2 is 1.81 bits per heavy atom. The van der Waals surface area contributed by atoms with E-state index < -0.39 is 0 Å². The number of fused-ring (bicyclic) bond motifs is 1. The minimum atomic E-state index is 0.121. The summed E-state index contributed by atoms with van der Waals surface area (Å²) in [6, 6.07) is 3.86. The lowest BCUT2D eigenvalue weighted by atomic mass is 10.0. The highest BCUT2D eigenvalue weighted by molar-refractivity contribution is 5.48. The largest absolute Gasteiger partial charge is 0.486 e. The van der Waals surface area contributed by atoms with E-state index in [-0.39, 0.29) is 6.61 Å².